The summed E-state index contributed by atoms with van der Waals surface area (Å²) in [5.41, 5.74) is -0.170. The van der Waals surface area contributed by atoms with Crippen molar-refractivity contribution in [1.29, 1.82) is 0 Å². The smallest absolute Gasteiger partial charge is 0.356 e. The van der Waals surface area contributed by atoms with Gasteiger partial charge in [0, 0.05) is 12.6 Å². The molecule has 0 aromatic carbocycles. The van der Waals surface area contributed by atoms with Crippen molar-refractivity contribution in [3.63, 3.8) is 0 Å². The summed E-state index contributed by atoms with van der Waals surface area (Å²) in [5, 5.41) is 0. The average Bonchev–Trinajstić information content (AvgIpc) is 2.35. The Kier molecular flexibility index (Phi) is 5.27. The van der Waals surface area contributed by atoms with Crippen molar-refractivity contribution >= 4 is 5.97 Å². The van der Waals surface area contributed by atoms with Crippen LogP contribution in [0.1, 0.15) is 38.2 Å². The molecule has 1 aromatic rings. The van der Waals surface area contributed by atoms with Gasteiger partial charge in [-0.15, -0.1) is 0 Å². The molecule has 0 N–H and O–H groups in total. The molecule has 0 aliphatic heterocycles. The molecule has 0 aliphatic rings. The van der Waals surface area contributed by atoms with Gasteiger partial charge in [-0.2, -0.15) is 0 Å². The summed E-state index contributed by atoms with van der Waals surface area (Å²) in [7, 11) is 1.27. The minimum atomic E-state index is -0.589. The summed E-state index contributed by atoms with van der Waals surface area (Å²) < 4.78 is 6.09. The topological polar surface area (TPSA) is 61.2 Å². The van der Waals surface area contributed by atoms with Crippen LogP contribution in [-0.2, 0) is 11.3 Å². The van der Waals surface area contributed by atoms with Gasteiger partial charge in [0.15, 0.2) is 5.69 Å². The second-order valence-corrected chi connectivity index (χ2v) is 5.41. The SMILES string of the molecule is COC(=O)c1cc(=O)n(CC(C(C)C)C(C)C)cn1. The fourth-order valence-electron chi connectivity index (χ4n) is 2.20. The zero-order valence-electron chi connectivity index (χ0n) is 12.2. The van der Waals surface area contributed by atoms with E-state index in [0.29, 0.717) is 24.3 Å². The van der Waals surface area contributed by atoms with Crippen LogP contribution in [-0.4, -0.2) is 22.6 Å². The van der Waals surface area contributed by atoms with Crippen LogP contribution in [0.25, 0.3) is 0 Å². The summed E-state index contributed by atoms with van der Waals surface area (Å²) in [5.74, 6) is 0.761. The number of carbonyl (C=O) groups excluding carboxylic acids is 1. The van der Waals surface area contributed by atoms with Crippen LogP contribution < -0.4 is 5.56 Å². The molecule has 0 bridgehead atoms. The minimum Gasteiger partial charge on any atom is -0.464 e. The van der Waals surface area contributed by atoms with Crippen molar-refractivity contribution < 1.29 is 9.53 Å². The largest absolute Gasteiger partial charge is 0.464 e. The lowest BCUT2D eigenvalue weighted by atomic mass is 9.85. The summed E-state index contributed by atoms with van der Waals surface area (Å²) in [4.78, 5) is 27.2. The number of hydrogen-bond donors (Lipinski definition) is 0. The van der Waals surface area contributed by atoms with Gasteiger partial charge in [-0.25, -0.2) is 9.78 Å². The number of hydrogen-bond acceptors (Lipinski definition) is 4. The standard InChI is InChI=1S/C14H22N2O3/c1-9(2)11(10(3)4)7-16-8-15-12(6-13(16)17)14(18)19-5/h6,8-11H,7H2,1-5H3. The van der Waals surface area contributed by atoms with Gasteiger partial charge in [-0.05, 0) is 17.8 Å². The fraction of sp³-hybridized carbons (Fsp3) is 0.643. The van der Waals surface area contributed by atoms with Crippen molar-refractivity contribution in [3.05, 3.63) is 28.4 Å². The fourth-order valence-corrected chi connectivity index (χ4v) is 2.20. The number of nitrogens with zero attached hydrogens (tertiary/aromatic N) is 2. The van der Waals surface area contributed by atoms with Crippen LogP contribution >= 0.6 is 0 Å². The van der Waals surface area contributed by atoms with E-state index in [1.165, 1.54) is 19.5 Å². The predicted molar refractivity (Wildman–Crippen MR) is 73.0 cm³/mol. The maximum atomic E-state index is 12.0. The van der Waals surface area contributed by atoms with Gasteiger partial charge in [0.1, 0.15) is 0 Å². The van der Waals surface area contributed by atoms with Gasteiger partial charge in [0.05, 0.1) is 13.4 Å². The monoisotopic (exact) mass is 266 g/mol. The lowest BCUT2D eigenvalue weighted by Gasteiger charge is -2.25. The Morgan fingerprint density at radius 1 is 1.32 bits per heavy atom. The first kappa shape index (κ1) is 15.4. The minimum absolute atomic E-state index is 0.0504. The molecule has 5 nitrogen and oxygen atoms in total. The van der Waals surface area contributed by atoms with E-state index in [2.05, 4.69) is 37.4 Å². The Hall–Kier alpha value is -1.65. The van der Waals surface area contributed by atoms with Gasteiger partial charge in [-0.1, -0.05) is 27.7 Å². The molecule has 0 fully saturated rings. The molecule has 19 heavy (non-hydrogen) atoms. The van der Waals surface area contributed by atoms with Gasteiger partial charge < -0.3 is 4.74 Å². The normalized spacial score (nSPS) is 11.4. The lowest BCUT2D eigenvalue weighted by Crippen LogP contribution is -2.29. The average molecular weight is 266 g/mol. The molecule has 0 saturated carbocycles. The van der Waals surface area contributed by atoms with Crippen molar-refractivity contribution in [2.45, 2.75) is 34.2 Å². The number of carbonyl (C=O) groups is 1. The zero-order valence-corrected chi connectivity index (χ0v) is 12.2. The Labute approximate surface area is 113 Å². The number of rotatable bonds is 5. The van der Waals surface area contributed by atoms with Gasteiger partial charge in [0.25, 0.3) is 5.56 Å². The van der Waals surface area contributed by atoms with Gasteiger partial charge in [0.2, 0.25) is 0 Å². The van der Waals surface area contributed by atoms with E-state index in [9.17, 15) is 9.59 Å². The van der Waals surface area contributed by atoms with E-state index in [-0.39, 0.29) is 11.3 Å². The molecule has 0 spiro atoms. The Bertz CT molecular complexity index is 484. The van der Waals surface area contributed by atoms with Crippen LogP contribution in [0, 0.1) is 17.8 Å². The van der Waals surface area contributed by atoms with E-state index < -0.39 is 5.97 Å². The molecule has 1 rings (SSSR count). The highest BCUT2D eigenvalue weighted by molar-refractivity contribution is 5.86. The van der Waals surface area contributed by atoms with Crippen molar-refractivity contribution in [1.82, 2.24) is 9.55 Å². The quantitative estimate of drug-likeness (QED) is 0.764. The maximum absolute atomic E-state index is 12.0. The van der Waals surface area contributed by atoms with Crippen LogP contribution in [0.3, 0.4) is 0 Å². The van der Waals surface area contributed by atoms with Crippen LogP contribution in [0.4, 0.5) is 0 Å². The molecule has 106 valence electrons. The van der Waals surface area contributed by atoms with Crippen LogP contribution in [0.2, 0.25) is 0 Å². The summed E-state index contributed by atoms with van der Waals surface area (Å²) >= 11 is 0. The van der Waals surface area contributed by atoms with E-state index in [1.54, 1.807) is 4.57 Å². The molecule has 1 aromatic heterocycles. The molecule has 0 aliphatic carbocycles. The Morgan fingerprint density at radius 2 is 1.89 bits per heavy atom. The second kappa shape index (κ2) is 6.50. The van der Waals surface area contributed by atoms with Crippen molar-refractivity contribution in [2.24, 2.45) is 17.8 Å². The molecule has 0 atom stereocenters. The summed E-state index contributed by atoms with van der Waals surface area (Å²) in [6.07, 6.45) is 1.42. The summed E-state index contributed by atoms with van der Waals surface area (Å²) in [6, 6.07) is 1.23. The second-order valence-electron chi connectivity index (χ2n) is 5.41. The number of methoxy groups -OCH3 is 1. The van der Waals surface area contributed by atoms with E-state index in [0.717, 1.165) is 0 Å². The summed E-state index contributed by atoms with van der Waals surface area (Å²) in [6.45, 7) is 9.19. The highest BCUT2D eigenvalue weighted by Crippen LogP contribution is 2.21. The molecule has 0 saturated heterocycles. The first-order valence-electron chi connectivity index (χ1n) is 6.51. The molecule has 5 heteroatoms. The van der Waals surface area contributed by atoms with Crippen molar-refractivity contribution in [3.8, 4) is 0 Å². The molecular weight excluding hydrogens is 244 g/mol. The molecule has 0 radical (unpaired) electrons. The molecule has 0 unspecified atom stereocenters. The van der Waals surface area contributed by atoms with Gasteiger partial charge >= 0.3 is 5.97 Å². The molecule has 1 heterocycles. The van der Waals surface area contributed by atoms with Crippen LogP contribution in [0.5, 0.6) is 0 Å². The maximum Gasteiger partial charge on any atom is 0.356 e. The van der Waals surface area contributed by atoms with E-state index >= 15 is 0 Å². The van der Waals surface area contributed by atoms with Crippen LogP contribution in [0.15, 0.2) is 17.2 Å². The van der Waals surface area contributed by atoms with Gasteiger partial charge in [-0.3, -0.25) is 9.36 Å². The third-order valence-electron chi connectivity index (χ3n) is 3.39. The van der Waals surface area contributed by atoms with E-state index in [4.69, 9.17) is 0 Å². The third kappa shape index (κ3) is 3.91. The molecular formula is C14H22N2O3. The first-order valence-corrected chi connectivity index (χ1v) is 6.51. The Balaban J connectivity index is 2.97. The number of ether oxygens (including phenoxy) is 1. The highest BCUT2D eigenvalue weighted by Gasteiger charge is 2.19. The number of esters is 1. The zero-order chi connectivity index (χ0) is 14.6. The molecule has 0 amide bonds. The van der Waals surface area contributed by atoms with Crippen molar-refractivity contribution in [2.75, 3.05) is 7.11 Å². The first-order chi connectivity index (χ1) is 8.86. The Morgan fingerprint density at radius 3 is 2.32 bits per heavy atom. The third-order valence-corrected chi connectivity index (χ3v) is 3.39. The lowest BCUT2D eigenvalue weighted by molar-refractivity contribution is 0.0593. The highest BCUT2D eigenvalue weighted by atomic mass is 16.5. The predicted octanol–water partition coefficient (Wildman–Crippen LogP) is 1.96. The number of aromatic nitrogens is 2. The van der Waals surface area contributed by atoms with E-state index in [1.807, 2.05) is 0 Å².